The summed E-state index contributed by atoms with van der Waals surface area (Å²) >= 11 is 0. The predicted octanol–water partition coefficient (Wildman–Crippen LogP) is 0.0858. The van der Waals surface area contributed by atoms with Crippen LogP contribution >= 0.6 is 0 Å². The number of hydrogen-bond acceptors (Lipinski definition) is 5. The molecule has 1 aliphatic rings. The molecular formula is C21H35N5O4S. The van der Waals surface area contributed by atoms with Gasteiger partial charge < -0.3 is 16.0 Å². The van der Waals surface area contributed by atoms with Gasteiger partial charge in [0.25, 0.3) is 10.2 Å². The Bertz CT molecular complexity index is 831. The second kappa shape index (κ2) is 11.6. The maximum atomic E-state index is 13.1. The van der Waals surface area contributed by atoms with Gasteiger partial charge in [-0.2, -0.15) is 17.4 Å². The molecule has 4 N–H and O–H groups in total. The summed E-state index contributed by atoms with van der Waals surface area (Å²) in [5, 5.41) is 2.65. The fraction of sp³-hybridized carbons (Fsp3) is 0.619. The van der Waals surface area contributed by atoms with Crippen LogP contribution in [-0.2, 0) is 26.2 Å². The van der Waals surface area contributed by atoms with Crippen molar-refractivity contribution in [1.82, 2.24) is 19.2 Å². The van der Waals surface area contributed by atoms with Crippen LogP contribution in [0.5, 0.6) is 0 Å². The molecule has 1 aromatic rings. The van der Waals surface area contributed by atoms with E-state index in [4.69, 9.17) is 5.73 Å². The van der Waals surface area contributed by atoms with Crippen LogP contribution in [0.1, 0.15) is 32.3 Å². The smallest absolute Gasteiger partial charge is 0.280 e. The van der Waals surface area contributed by atoms with Crippen molar-refractivity contribution < 1.29 is 18.0 Å². The standard InChI is InChI=1S/C21H35N5O4S/c1-16(2)14-18(20(22)27)23-21(28)19(15-17-8-5-4-6-9-17)24-31(29,30)26-11-7-10-25(3)12-13-26/h4-6,8-9,16,18-19,24H,7,10-15H2,1-3H3,(H2,22,27)(H,23,28)/t18-,19-/m0/s1. The zero-order chi connectivity index (χ0) is 23.0. The molecule has 1 fully saturated rings. The van der Waals surface area contributed by atoms with Crippen molar-refractivity contribution in [2.45, 2.75) is 45.2 Å². The summed E-state index contributed by atoms with van der Waals surface area (Å²) < 4.78 is 30.1. The van der Waals surface area contributed by atoms with Crippen molar-refractivity contribution in [2.24, 2.45) is 11.7 Å². The number of primary amides is 1. The van der Waals surface area contributed by atoms with Crippen LogP contribution in [0.2, 0.25) is 0 Å². The number of likely N-dealkylation sites (N-methyl/N-ethyl adjacent to an activating group) is 1. The average Bonchev–Trinajstić information content (AvgIpc) is 2.92. The van der Waals surface area contributed by atoms with Crippen molar-refractivity contribution in [2.75, 3.05) is 33.2 Å². The van der Waals surface area contributed by atoms with E-state index >= 15 is 0 Å². The predicted molar refractivity (Wildman–Crippen MR) is 120 cm³/mol. The van der Waals surface area contributed by atoms with Crippen LogP contribution in [-0.4, -0.2) is 74.7 Å². The van der Waals surface area contributed by atoms with E-state index in [1.807, 2.05) is 51.2 Å². The lowest BCUT2D eigenvalue weighted by atomic mass is 10.0. The number of carbonyl (C=O) groups is 2. The SMILES string of the molecule is CC(C)C[C@H](NC(=O)[C@H](Cc1ccccc1)NS(=O)(=O)N1CCCN(C)CC1)C(N)=O. The third-order valence-electron chi connectivity index (χ3n) is 5.28. The first-order valence-electron chi connectivity index (χ1n) is 10.7. The summed E-state index contributed by atoms with van der Waals surface area (Å²) in [5.41, 5.74) is 6.26. The summed E-state index contributed by atoms with van der Waals surface area (Å²) in [6.07, 6.45) is 1.25. The monoisotopic (exact) mass is 453 g/mol. The van der Waals surface area contributed by atoms with Crippen molar-refractivity contribution in [3.05, 3.63) is 35.9 Å². The van der Waals surface area contributed by atoms with Crippen LogP contribution < -0.4 is 15.8 Å². The fourth-order valence-corrected chi connectivity index (χ4v) is 4.94. The molecule has 1 saturated heterocycles. The highest BCUT2D eigenvalue weighted by molar-refractivity contribution is 7.87. The first-order chi connectivity index (χ1) is 14.6. The van der Waals surface area contributed by atoms with Crippen LogP contribution in [0.3, 0.4) is 0 Å². The molecule has 9 nitrogen and oxygen atoms in total. The van der Waals surface area contributed by atoms with Crippen molar-refractivity contribution in [1.29, 1.82) is 0 Å². The van der Waals surface area contributed by atoms with Crippen LogP contribution in [0.4, 0.5) is 0 Å². The van der Waals surface area contributed by atoms with Crippen LogP contribution in [0, 0.1) is 5.92 Å². The highest BCUT2D eigenvalue weighted by atomic mass is 32.2. The number of rotatable bonds is 10. The summed E-state index contributed by atoms with van der Waals surface area (Å²) in [4.78, 5) is 26.9. The number of nitrogens with zero attached hydrogens (tertiary/aromatic N) is 2. The molecule has 2 amide bonds. The quantitative estimate of drug-likeness (QED) is 0.463. The van der Waals surface area contributed by atoms with E-state index in [0.29, 0.717) is 32.5 Å². The van der Waals surface area contributed by atoms with E-state index in [9.17, 15) is 18.0 Å². The maximum absolute atomic E-state index is 13.1. The van der Waals surface area contributed by atoms with Gasteiger partial charge in [-0.1, -0.05) is 44.2 Å². The number of benzene rings is 1. The lowest BCUT2D eigenvalue weighted by Crippen LogP contribution is -2.56. The molecule has 0 spiro atoms. The molecule has 0 unspecified atom stereocenters. The molecule has 0 radical (unpaired) electrons. The van der Waals surface area contributed by atoms with E-state index in [1.165, 1.54) is 4.31 Å². The summed E-state index contributed by atoms with van der Waals surface area (Å²) in [6, 6.07) is 7.24. The van der Waals surface area contributed by atoms with Gasteiger partial charge in [0.1, 0.15) is 12.1 Å². The molecule has 1 aromatic carbocycles. The Morgan fingerprint density at radius 3 is 2.35 bits per heavy atom. The average molecular weight is 454 g/mol. The Morgan fingerprint density at radius 1 is 1.06 bits per heavy atom. The first-order valence-corrected chi connectivity index (χ1v) is 12.1. The molecule has 174 valence electrons. The summed E-state index contributed by atoms with van der Waals surface area (Å²) in [6.45, 7) is 6.01. The van der Waals surface area contributed by atoms with Crippen LogP contribution in [0.15, 0.2) is 30.3 Å². The highest BCUT2D eigenvalue weighted by Gasteiger charge is 2.32. The second-order valence-corrected chi connectivity index (χ2v) is 10.2. The van der Waals surface area contributed by atoms with E-state index in [-0.39, 0.29) is 12.3 Å². The van der Waals surface area contributed by atoms with Crippen molar-refractivity contribution in [3.8, 4) is 0 Å². The van der Waals surface area contributed by atoms with Gasteiger partial charge in [-0.25, -0.2) is 0 Å². The van der Waals surface area contributed by atoms with Gasteiger partial charge in [-0.05, 0) is 44.3 Å². The number of amides is 2. The lowest BCUT2D eigenvalue weighted by molar-refractivity contribution is -0.128. The number of nitrogens with two attached hydrogens (primary N) is 1. The van der Waals surface area contributed by atoms with Gasteiger partial charge in [-0.15, -0.1) is 0 Å². The van der Waals surface area contributed by atoms with Gasteiger partial charge >= 0.3 is 0 Å². The molecule has 1 heterocycles. The molecule has 0 aromatic heterocycles. The molecule has 1 aliphatic heterocycles. The molecule has 31 heavy (non-hydrogen) atoms. The minimum atomic E-state index is -3.89. The Hall–Kier alpha value is -2.01. The Kier molecular flexibility index (Phi) is 9.42. The Balaban J connectivity index is 2.21. The summed E-state index contributed by atoms with van der Waals surface area (Å²) in [5.74, 6) is -1.07. The topological polar surface area (TPSA) is 125 Å². The van der Waals surface area contributed by atoms with E-state index in [1.54, 1.807) is 0 Å². The number of hydrogen-bond donors (Lipinski definition) is 3. The van der Waals surface area contributed by atoms with Gasteiger partial charge in [0, 0.05) is 19.6 Å². The van der Waals surface area contributed by atoms with Gasteiger partial charge in [0.05, 0.1) is 0 Å². The number of carbonyl (C=O) groups excluding carboxylic acids is 2. The third kappa shape index (κ3) is 8.21. The molecule has 10 heteroatoms. The zero-order valence-electron chi connectivity index (χ0n) is 18.6. The molecule has 2 atom stereocenters. The third-order valence-corrected chi connectivity index (χ3v) is 6.90. The van der Waals surface area contributed by atoms with Gasteiger partial charge in [-0.3, -0.25) is 9.59 Å². The maximum Gasteiger partial charge on any atom is 0.280 e. The molecule has 0 aliphatic carbocycles. The summed E-state index contributed by atoms with van der Waals surface area (Å²) in [7, 11) is -1.94. The van der Waals surface area contributed by atoms with Crippen LogP contribution in [0.25, 0.3) is 0 Å². The molecule has 0 bridgehead atoms. The normalized spacial score (nSPS) is 18.3. The fourth-order valence-electron chi connectivity index (χ4n) is 3.55. The second-order valence-electron chi connectivity index (χ2n) is 8.51. The minimum Gasteiger partial charge on any atom is -0.368 e. The molecule has 0 saturated carbocycles. The van der Waals surface area contributed by atoms with E-state index < -0.39 is 34.1 Å². The first kappa shape index (κ1) is 25.3. The van der Waals surface area contributed by atoms with Gasteiger partial charge in [0.2, 0.25) is 11.8 Å². The van der Waals surface area contributed by atoms with Gasteiger partial charge in [0.15, 0.2) is 0 Å². The van der Waals surface area contributed by atoms with Crippen molar-refractivity contribution in [3.63, 3.8) is 0 Å². The van der Waals surface area contributed by atoms with E-state index in [0.717, 1.165) is 12.1 Å². The lowest BCUT2D eigenvalue weighted by Gasteiger charge is -2.26. The minimum absolute atomic E-state index is 0.135. The Labute approximate surface area is 185 Å². The molecule has 2 rings (SSSR count). The van der Waals surface area contributed by atoms with Crippen molar-refractivity contribution >= 4 is 22.0 Å². The Morgan fingerprint density at radius 2 is 1.74 bits per heavy atom. The number of nitrogens with one attached hydrogen (secondary N) is 2. The molecular weight excluding hydrogens is 418 g/mol. The van der Waals surface area contributed by atoms with E-state index in [2.05, 4.69) is 14.9 Å². The largest absolute Gasteiger partial charge is 0.368 e. The zero-order valence-corrected chi connectivity index (χ0v) is 19.4. The highest BCUT2D eigenvalue weighted by Crippen LogP contribution is 2.11.